The minimum absolute atomic E-state index is 0.0899. The molecule has 0 spiro atoms. The number of rotatable bonds is 3. The summed E-state index contributed by atoms with van der Waals surface area (Å²) in [6, 6.07) is 8.48. The van der Waals surface area contributed by atoms with Crippen molar-refractivity contribution in [1.82, 2.24) is 0 Å². The Bertz CT molecular complexity index is 540. The second kappa shape index (κ2) is 6.05. The second-order valence-corrected chi connectivity index (χ2v) is 4.55. The maximum atomic E-state index is 11.9. The molecule has 0 bridgehead atoms. The lowest BCUT2D eigenvalue weighted by atomic mass is 9.96. The molecule has 1 N–H and O–H groups in total. The van der Waals surface area contributed by atoms with Crippen molar-refractivity contribution in [2.24, 2.45) is 11.8 Å². The number of benzene rings is 1. The zero-order valence-electron chi connectivity index (χ0n) is 10.1. The van der Waals surface area contributed by atoms with Crippen molar-refractivity contribution in [3.8, 4) is 12.1 Å². The molecular weight excluding hydrogens is 250 g/mol. The Morgan fingerprint density at radius 3 is 2.56 bits per heavy atom. The highest BCUT2D eigenvalue weighted by Crippen LogP contribution is 2.24. The molecular formula is C13H12ClN3O. The van der Waals surface area contributed by atoms with Gasteiger partial charge in [-0.25, -0.2) is 0 Å². The third kappa shape index (κ3) is 3.23. The van der Waals surface area contributed by atoms with Crippen LogP contribution in [0.1, 0.15) is 19.4 Å². The molecule has 0 heterocycles. The molecule has 5 heteroatoms. The predicted molar refractivity (Wildman–Crippen MR) is 68.7 cm³/mol. The molecule has 1 amide bonds. The molecule has 0 aliphatic heterocycles. The van der Waals surface area contributed by atoms with Gasteiger partial charge in [0.2, 0.25) is 5.91 Å². The maximum absolute atomic E-state index is 11.9. The highest BCUT2D eigenvalue weighted by molar-refractivity contribution is 6.33. The van der Waals surface area contributed by atoms with Gasteiger partial charge in [0.15, 0.2) is 0 Å². The van der Waals surface area contributed by atoms with Crippen molar-refractivity contribution in [2.45, 2.75) is 13.8 Å². The van der Waals surface area contributed by atoms with Crippen LogP contribution in [0.15, 0.2) is 18.2 Å². The molecule has 0 aromatic heterocycles. The van der Waals surface area contributed by atoms with Crippen LogP contribution in [-0.4, -0.2) is 5.91 Å². The number of nitrogens with zero attached hydrogens (tertiary/aromatic N) is 2. The van der Waals surface area contributed by atoms with Crippen LogP contribution < -0.4 is 5.32 Å². The van der Waals surface area contributed by atoms with E-state index in [9.17, 15) is 4.79 Å². The molecule has 0 radical (unpaired) electrons. The fourth-order valence-electron chi connectivity index (χ4n) is 1.41. The number of carbonyl (C=O) groups excluding carboxylic acids is 1. The van der Waals surface area contributed by atoms with Crippen LogP contribution in [0.25, 0.3) is 0 Å². The Balaban J connectivity index is 2.95. The van der Waals surface area contributed by atoms with Gasteiger partial charge in [-0.05, 0) is 24.1 Å². The lowest BCUT2D eigenvalue weighted by Crippen LogP contribution is -2.25. The summed E-state index contributed by atoms with van der Waals surface area (Å²) in [6.45, 7) is 3.58. The lowest BCUT2D eigenvalue weighted by molar-refractivity contribution is -0.119. The smallest absolute Gasteiger partial charge is 0.242 e. The zero-order chi connectivity index (χ0) is 13.7. The predicted octanol–water partition coefficient (Wildman–Crippen LogP) is 2.95. The van der Waals surface area contributed by atoms with Gasteiger partial charge in [-0.1, -0.05) is 25.4 Å². The summed E-state index contributed by atoms with van der Waals surface area (Å²) in [5.74, 6) is -1.25. The second-order valence-electron chi connectivity index (χ2n) is 4.15. The highest BCUT2D eigenvalue weighted by Gasteiger charge is 2.22. The molecule has 1 rings (SSSR count). The van der Waals surface area contributed by atoms with E-state index < -0.39 is 11.8 Å². The monoisotopic (exact) mass is 261 g/mol. The first-order valence-electron chi connectivity index (χ1n) is 5.39. The Morgan fingerprint density at radius 2 is 2.06 bits per heavy atom. The quantitative estimate of drug-likeness (QED) is 0.909. The fourth-order valence-corrected chi connectivity index (χ4v) is 1.58. The first-order chi connectivity index (χ1) is 8.49. The molecule has 18 heavy (non-hydrogen) atoms. The van der Waals surface area contributed by atoms with Gasteiger partial charge < -0.3 is 5.32 Å². The summed E-state index contributed by atoms with van der Waals surface area (Å²) in [4.78, 5) is 11.9. The molecule has 1 aromatic rings. The van der Waals surface area contributed by atoms with Crippen molar-refractivity contribution in [3.05, 3.63) is 28.8 Å². The first-order valence-corrected chi connectivity index (χ1v) is 5.77. The van der Waals surface area contributed by atoms with E-state index in [0.717, 1.165) is 0 Å². The van der Waals surface area contributed by atoms with Crippen molar-refractivity contribution < 1.29 is 4.79 Å². The van der Waals surface area contributed by atoms with Crippen molar-refractivity contribution in [1.29, 1.82) is 10.5 Å². The van der Waals surface area contributed by atoms with Gasteiger partial charge in [-0.2, -0.15) is 10.5 Å². The molecule has 0 aliphatic carbocycles. The van der Waals surface area contributed by atoms with Gasteiger partial charge in [0.1, 0.15) is 5.92 Å². The molecule has 0 fully saturated rings. The number of nitriles is 2. The van der Waals surface area contributed by atoms with Crippen LogP contribution in [0.3, 0.4) is 0 Å². The van der Waals surface area contributed by atoms with Gasteiger partial charge in [-0.3, -0.25) is 4.79 Å². The first kappa shape index (κ1) is 14.0. The van der Waals surface area contributed by atoms with Crippen LogP contribution >= 0.6 is 11.6 Å². The zero-order valence-corrected chi connectivity index (χ0v) is 10.8. The summed E-state index contributed by atoms with van der Waals surface area (Å²) in [5.41, 5.74) is 0.745. The Hall–Kier alpha value is -2.04. The van der Waals surface area contributed by atoms with Crippen LogP contribution in [0.4, 0.5) is 5.69 Å². The molecule has 0 aliphatic rings. The number of halogens is 1. The Morgan fingerprint density at radius 1 is 1.39 bits per heavy atom. The molecule has 0 saturated carbocycles. The number of nitrogens with one attached hydrogen (secondary N) is 1. The normalized spacial score (nSPS) is 11.4. The van der Waals surface area contributed by atoms with E-state index in [4.69, 9.17) is 22.1 Å². The summed E-state index contributed by atoms with van der Waals surface area (Å²) in [6.07, 6.45) is 0. The van der Waals surface area contributed by atoms with Crippen LogP contribution in [0.2, 0.25) is 5.02 Å². The average molecular weight is 262 g/mol. The van der Waals surface area contributed by atoms with E-state index in [1.807, 2.05) is 12.1 Å². The third-order valence-electron chi connectivity index (χ3n) is 2.44. The van der Waals surface area contributed by atoms with Gasteiger partial charge in [-0.15, -0.1) is 0 Å². The van der Waals surface area contributed by atoms with E-state index >= 15 is 0 Å². The fraction of sp³-hybridized carbons (Fsp3) is 0.308. The van der Waals surface area contributed by atoms with Crippen molar-refractivity contribution in [3.63, 3.8) is 0 Å². The topological polar surface area (TPSA) is 76.7 Å². The minimum Gasteiger partial charge on any atom is -0.324 e. The molecule has 1 aromatic carbocycles. The van der Waals surface area contributed by atoms with E-state index in [0.29, 0.717) is 16.3 Å². The third-order valence-corrected chi connectivity index (χ3v) is 2.77. The van der Waals surface area contributed by atoms with Crippen LogP contribution in [0, 0.1) is 34.5 Å². The molecule has 92 valence electrons. The Kier molecular flexibility index (Phi) is 4.71. The number of anilines is 1. The summed E-state index contributed by atoms with van der Waals surface area (Å²) in [5, 5.41) is 20.6. The summed E-state index contributed by atoms with van der Waals surface area (Å²) < 4.78 is 0. The minimum atomic E-state index is -0.744. The van der Waals surface area contributed by atoms with E-state index in [1.165, 1.54) is 12.1 Å². The number of amides is 1. The summed E-state index contributed by atoms with van der Waals surface area (Å²) >= 11 is 5.92. The Labute approximate surface area is 111 Å². The van der Waals surface area contributed by atoms with E-state index in [1.54, 1.807) is 19.9 Å². The molecule has 0 saturated heterocycles. The van der Waals surface area contributed by atoms with E-state index in [2.05, 4.69) is 5.32 Å². The lowest BCUT2D eigenvalue weighted by Gasteiger charge is -2.14. The van der Waals surface area contributed by atoms with E-state index in [-0.39, 0.29) is 5.92 Å². The largest absolute Gasteiger partial charge is 0.324 e. The molecule has 4 nitrogen and oxygen atoms in total. The number of hydrogen-bond acceptors (Lipinski definition) is 3. The molecule has 1 atom stereocenters. The number of carbonyl (C=O) groups is 1. The maximum Gasteiger partial charge on any atom is 0.242 e. The van der Waals surface area contributed by atoms with Crippen LogP contribution in [-0.2, 0) is 4.79 Å². The van der Waals surface area contributed by atoms with Gasteiger partial charge in [0.25, 0.3) is 0 Å². The molecule has 1 unspecified atom stereocenters. The number of hydrogen-bond donors (Lipinski definition) is 1. The average Bonchev–Trinajstić information content (AvgIpc) is 2.32. The van der Waals surface area contributed by atoms with Crippen LogP contribution in [0.5, 0.6) is 0 Å². The van der Waals surface area contributed by atoms with Gasteiger partial charge >= 0.3 is 0 Å². The SMILES string of the molecule is CC(C)C(C#N)C(=O)Nc1cc(C#N)ccc1Cl. The standard InChI is InChI=1S/C13H12ClN3O/c1-8(2)10(7-16)13(18)17-12-5-9(6-15)3-4-11(12)14/h3-5,8,10H,1-2H3,(H,17,18). The highest BCUT2D eigenvalue weighted by atomic mass is 35.5. The van der Waals surface area contributed by atoms with Crippen molar-refractivity contribution in [2.75, 3.05) is 5.32 Å². The van der Waals surface area contributed by atoms with Crippen molar-refractivity contribution >= 4 is 23.2 Å². The van der Waals surface area contributed by atoms with Gasteiger partial charge in [0, 0.05) is 0 Å². The van der Waals surface area contributed by atoms with Gasteiger partial charge in [0.05, 0.1) is 28.4 Å². The summed E-state index contributed by atoms with van der Waals surface area (Å²) in [7, 11) is 0.